The highest BCUT2D eigenvalue weighted by Gasteiger charge is 2.18. The molecular formula is C10H19N3O. The molecule has 0 aromatic rings. The van der Waals surface area contributed by atoms with E-state index in [0.29, 0.717) is 0 Å². The van der Waals surface area contributed by atoms with E-state index in [1.807, 2.05) is 4.90 Å². The lowest BCUT2D eigenvalue weighted by Crippen LogP contribution is -2.48. The van der Waals surface area contributed by atoms with Crippen molar-refractivity contribution in [2.24, 2.45) is 0 Å². The van der Waals surface area contributed by atoms with Gasteiger partial charge in [-0.15, -0.1) is 0 Å². The number of hydrogen-bond donors (Lipinski definition) is 1. The highest BCUT2D eigenvalue weighted by atomic mass is 16.2. The minimum absolute atomic E-state index is 0.121. The Hall–Kier alpha value is -0.770. The standard InChI is InChI=1S/C10H19N3O/c14-10-11-4-3-7-13(10)9-8-12-5-1-2-6-12/h1-9H2,(H,11,14). The Bertz CT molecular complexity index is 202. The molecule has 2 fully saturated rings. The van der Waals surface area contributed by atoms with E-state index in [1.165, 1.54) is 25.9 Å². The third-order valence-electron chi connectivity index (χ3n) is 3.05. The summed E-state index contributed by atoms with van der Waals surface area (Å²) >= 11 is 0. The molecule has 4 heteroatoms. The molecule has 2 saturated heterocycles. The highest BCUT2D eigenvalue weighted by molar-refractivity contribution is 5.74. The molecule has 4 nitrogen and oxygen atoms in total. The maximum atomic E-state index is 11.4. The highest BCUT2D eigenvalue weighted by Crippen LogP contribution is 2.07. The van der Waals surface area contributed by atoms with Gasteiger partial charge in [0.15, 0.2) is 0 Å². The van der Waals surface area contributed by atoms with Gasteiger partial charge in [0.05, 0.1) is 0 Å². The summed E-state index contributed by atoms with van der Waals surface area (Å²) in [4.78, 5) is 15.8. The Kier molecular flexibility index (Phi) is 3.24. The minimum atomic E-state index is 0.121. The summed E-state index contributed by atoms with van der Waals surface area (Å²) in [6.07, 6.45) is 3.74. The van der Waals surface area contributed by atoms with Crippen molar-refractivity contribution in [2.45, 2.75) is 19.3 Å². The Balaban J connectivity index is 1.70. The summed E-state index contributed by atoms with van der Waals surface area (Å²) in [6.45, 7) is 6.16. The zero-order chi connectivity index (χ0) is 9.80. The van der Waals surface area contributed by atoms with Gasteiger partial charge in [0.25, 0.3) is 0 Å². The smallest absolute Gasteiger partial charge is 0.317 e. The van der Waals surface area contributed by atoms with Crippen LogP contribution in [-0.4, -0.2) is 55.1 Å². The van der Waals surface area contributed by atoms with Crippen LogP contribution in [0.3, 0.4) is 0 Å². The molecule has 0 aliphatic carbocycles. The van der Waals surface area contributed by atoms with Crippen LogP contribution >= 0.6 is 0 Å². The monoisotopic (exact) mass is 197 g/mol. The number of likely N-dealkylation sites (tertiary alicyclic amines) is 1. The van der Waals surface area contributed by atoms with Gasteiger partial charge in [-0.1, -0.05) is 0 Å². The summed E-state index contributed by atoms with van der Waals surface area (Å²) in [6, 6.07) is 0.121. The number of nitrogens with one attached hydrogen (secondary N) is 1. The molecule has 0 bridgehead atoms. The second-order valence-electron chi connectivity index (χ2n) is 4.12. The second-order valence-corrected chi connectivity index (χ2v) is 4.12. The van der Waals surface area contributed by atoms with Gasteiger partial charge < -0.3 is 15.1 Å². The molecule has 0 unspecified atom stereocenters. The Morgan fingerprint density at radius 3 is 2.57 bits per heavy atom. The summed E-state index contributed by atoms with van der Waals surface area (Å²) in [5.74, 6) is 0. The first-order chi connectivity index (χ1) is 6.86. The van der Waals surface area contributed by atoms with E-state index in [-0.39, 0.29) is 6.03 Å². The first-order valence-electron chi connectivity index (χ1n) is 5.61. The fourth-order valence-corrected chi connectivity index (χ4v) is 2.16. The maximum absolute atomic E-state index is 11.4. The van der Waals surface area contributed by atoms with E-state index in [2.05, 4.69) is 10.2 Å². The van der Waals surface area contributed by atoms with E-state index < -0.39 is 0 Å². The molecule has 0 spiro atoms. The number of nitrogens with zero attached hydrogens (tertiary/aromatic N) is 2. The van der Waals surface area contributed by atoms with E-state index in [4.69, 9.17) is 0 Å². The second kappa shape index (κ2) is 4.64. The summed E-state index contributed by atoms with van der Waals surface area (Å²) in [7, 11) is 0. The average molecular weight is 197 g/mol. The number of urea groups is 1. The van der Waals surface area contributed by atoms with Gasteiger partial charge in [-0.25, -0.2) is 4.79 Å². The number of carbonyl (C=O) groups excluding carboxylic acids is 1. The van der Waals surface area contributed by atoms with Crippen LogP contribution in [0.4, 0.5) is 4.79 Å². The third-order valence-corrected chi connectivity index (χ3v) is 3.05. The van der Waals surface area contributed by atoms with Gasteiger partial charge in [0.2, 0.25) is 0 Å². The fraction of sp³-hybridized carbons (Fsp3) is 0.900. The Morgan fingerprint density at radius 1 is 1.07 bits per heavy atom. The van der Waals surface area contributed by atoms with Crippen LogP contribution in [0.25, 0.3) is 0 Å². The molecule has 2 aliphatic rings. The molecule has 0 aromatic heterocycles. The maximum Gasteiger partial charge on any atom is 0.317 e. The van der Waals surface area contributed by atoms with Crippen LogP contribution in [0.5, 0.6) is 0 Å². The molecule has 80 valence electrons. The topological polar surface area (TPSA) is 35.6 Å². The minimum Gasteiger partial charge on any atom is -0.338 e. The van der Waals surface area contributed by atoms with Gasteiger partial charge in [-0.3, -0.25) is 0 Å². The van der Waals surface area contributed by atoms with Crippen molar-refractivity contribution >= 4 is 6.03 Å². The van der Waals surface area contributed by atoms with Crippen molar-refractivity contribution in [3.8, 4) is 0 Å². The summed E-state index contributed by atoms with van der Waals surface area (Å²) in [5, 5.41) is 2.88. The predicted molar refractivity (Wildman–Crippen MR) is 55.3 cm³/mol. The molecule has 14 heavy (non-hydrogen) atoms. The lowest BCUT2D eigenvalue weighted by Gasteiger charge is -2.29. The molecule has 2 aliphatic heterocycles. The van der Waals surface area contributed by atoms with E-state index in [9.17, 15) is 4.79 Å². The van der Waals surface area contributed by atoms with Crippen LogP contribution < -0.4 is 5.32 Å². The van der Waals surface area contributed by atoms with Crippen LogP contribution in [0, 0.1) is 0 Å². The molecule has 2 rings (SSSR count). The third kappa shape index (κ3) is 2.38. The van der Waals surface area contributed by atoms with Gasteiger partial charge in [-0.05, 0) is 32.4 Å². The molecule has 0 saturated carbocycles. The van der Waals surface area contributed by atoms with E-state index in [1.54, 1.807) is 0 Å². The number of rotatable bonds is 3. The van der Waals surface area contributed by atoms with Crippen molar-refractivity contribution in [2.75, 3.05) is 39.3 Å². The number of amides is 2. The molecule has 0 atom stereocenters. The van der Waals surface area contributed by atoms with Crippen LogP contribution in [0.1, 0.15) is 19.3 Å². The zero-order valence-electron chi connectivity index (χ0n) is 8.67. The molecule has 2 amide bonds. The van der Waals surface area contributed by atoms with Crippen molar-refractivity contribution in [1.82, 2.24) is 15.1 Å². The fourth-order valence-electron chi connectivity index (χ4n) is 2.16. The Morgan fingerprint density at radius 2 is 1.86 bits per heavy atom. The van der Waals surface area contributed by atoms with E-state index >= 15 is 0 Å². The van der Waals surface area contributed by atoms with Crippen LogP contribution in [0.2, 0.25) is 0 Å². The van der Waals surface area contributed by atoms with Crippen LogP contribution in [0.15, 0.2) is 0 Å². The zero-order valence-corrected chi connectivity index (χ0v) is 8.67. The largest absolute Gasteiger partial charge is 0.338 e. The summed E-state index contributed by atoms with van der Waals surface area (Å²) in [5.41, 5.74) is 0. The van der Waals surface area contributed by atoms with Crippen LogP contribution in [-0.2, 0) is 0 Å². The van der Waals surface area contributed by atoms with Gasteiger partial charge in [-0.2, -0.15) is 0 Å². The first-order valence-corrected chi connectivity index (χ1v) is 5.61. The Labute approximate surface area is 85.2 Å². The first kappa shape index (κ1) is 9.77. The normalized spacial score (nSPS) is 24.0. The average Bonchev–Trinajstić information content (AvgIpc) is 2.69. The lowest BCUT2D eigenvalue weighted by molar-refractivity contribution is 0.176. The molecule has 0 aromatic carbocycles. The molecule has 0 radical (unpaired) electrons. The van der Waals surface area contributed by atoms with Crippen molar-refractivity contribution in [3.05, 3.63) is 0 Å². The lowest BCUT2D eigenvalue weighted by atomic mass is 10.3. The van der Waals surface area contributed by atoms with Gasteiger partial charge in [0, 0.05) is 26.2 Å². The van der Waals surface area contributed by atoms with Crippen molar-refractivity contribution in [3.63, 3.8) is 0 Å². The van der Waals surface area contributed by atoms with Gasteiger partial charge >= 0.3 is 6.03 Å². The quantitative estimate of drug-likeness (QED) is 0.715. The molecular weight excluding hydrogens is 178 g/mol. The van der Waals surface area contributed by atoms with Crippen molar-refractivity contribution < 1.29 is 4.79 Å². The number of carbonyl (C=O) groups is 1. The predicted octanol–water partition coefficient (Wildman–Crippen LogP) is 0.498. The van der Waals surface area contributed by atoms with E-state index in [0.717, 1.165) is 32.6 Å². The number of hydrogen-bond acceptors (Lipinski definition) is 2. The molecule has 2 heterocycles. The van der Waals surface area contributed by atoms with Gasteiger partial charge in [0.1, 0.15) is 0 Å². The van der Waals surface area contributed by atoms with Crippen molar-refractivity contribution in [1.29, 1.82) is 0 Å². The SMILES string of the molecule is O=C1NCCCN1CCN1CCCC1. The molecule has 1 N–H and O–H groups in total. The summed E-state index contributed by atoms with van der Waals surface area (Å²) < 4.78 is 0.